The minimum absolute atomic E-state index is 0.00226. The van der Waals surface area contributed by atoms with Gasteiger partial charge in [0.25, 0.3) is 0 Å². The Labute approximate surface area is 129 Å². The summed E-state index contributed by atoms with van der Waals surface area (Å²) >= 11 is 0. The molecule has 1 saturated heterocycles. The molecule has 8 heteroatoms. The average Bonchev–Trinajstić information content (AvgIpc) is 3.10. The van der Waals surface area contributed by atoms with E-state index in [0.717, 1.165) is 23.4 Å². The fourth-order valence-corrected chi connectivity index (χ4v) is 2.81. The molecule has 1 fully saturated rings. The molecule has 3 heterocycles. The number of aromatic nitrogens is 4. The van der Waals surface area contributed by atoms with Crippen LogP contribution in [0.25, 0.3) is 11.2 Å². The van der Waals surface area contributed by atoms with Gasteiger partial charge in [-0.1, -0.05) is 0 Å². The third-order valence-electron chi connectivity index (χ3n) is 3.89. The largest absolute Gasteiger partial charge is 0.382 e. The highest BCUT2D eigenvalue weighted by molar-refractivity contribution is 5.83. The third-order valence-corrected chi connectivity index (χ3v) is 3.89. The quantitative estimate of drug-likeness (QED) is 0.810. The van der Waals surface area contributed by atoms with Crippen molar-refractivity contribution < 1.29 is 14.2 Å². The molecule has 3 rings (SSSR count). The van der Waals surface area contributed by atoms with Gasteiger partial charge in [0.2, 0.25) is 0 Å². The van der Waals surface area contributed by atoms with E-state index in [4.69, 9.17) is 14.2 Å². The maximum Gasteiger partial charge on any atom is 0.167 e. The van der Waals surface area contributed by atoms with E-state index < -0.39 is 0 Å². The maximum atomic E-state index is 6.06. The molecule has 120 valence electrons. The standard InChI is InChI=1S/C14H21N5O3/c1-18(2)13-12-14(16-7-15-13)19(8-17-12)11-5-9(21-4)10(22-11)6-20-3/h7-11H,5-6H2,1-4H3. The second-order valence-electron chi connectivity index (χ2n) is 5.51. The highest BCUT2D eigenvalue weighted by Crippen LogP contribution is 2.33. The van der Waals surface area contributed by atoms with E-state index in [9.17, 15) is 0 Å². The molecule has 2 aromatic heterocycles. The lowest BCUT2D eigenvalue weighted by Gasteiger charge is -2.16. The summed E-state index contributed by atoms with van der Waals surface area (Å²) in [6.07, 6.45) is 3.77. The molecule has 2 aromatic rings. The Balaban J connectivity index is 1.93. The van der Waals surface area contributed by atoms with Crippen LogP contribution in [0.3, 0.4) is 0 Å². The zero-order valence-corrected chi connectivity index (χ0v) is 13.3. The minimum Gasteiger partial charge on any atom is -0.382 e. The summed E-state index contributed by atoms with van der Waals surface area (Å²) in [5, 5.41) is 0. The zero-order valence-electron chi connectivity index (χ0n) is 13.3. The molecule has 1 aliphatic heterocycles. The molecule has 0 aromatic carbocycles. The van der Waals surface area contributed by atoms with Gasteiger partial charge in [0.05, 0.1) is 19.0 Å². The van der Waals surface area contributed by atoms with Gasteiger partial charge in [0, 0.05) is 34.7 Å². The van der Waals surface area contributed by atoms with Gasteiger partial charge < -0.3 is 19.1 Å². The summed E-state index contributed by atoms with van der Waals surface area (Å²) in [6.45, 7) is 0.500. The number of rotatable bonds is 5. The van der Waals surface area contributed by atoms with Crippen molar-refractivity contribution in [2.75, 3.05) is 39.8 Å². The van der Waals surface area contributed by atoms with Gasteiger partial charge in [0.1, 0.15) is 18.7 Å². The molecule has 0 amide bonds. The van der Waals surface area contributed by atoms with Gasteiger partial charge in [-0.25, -0.2) is 15.0 Å². The smallest absolute Gasteiger partial charge is 0.167 e. The molecule has 0 saturated carbocycles. The molecule has 0 radical (unpaired) electrons. The third kappa shape index (κ3) is 2.53. The molecule has 0 aliphatic carbocycles. The molecule has 3 unspecified atom stereocenters. The van der Waals surface area contributed by atoms with E-state index in [0.29, 0.717) is 6.61 Å². The zero-order chi connectivity index (χ0) is 15.7. The van der Waals surface area contributed by atoms with Crippen LogP contribution in [0.1, 0.15) is 12.6 Å². The molecule has 22 heavy (non-hydrogen) atoms. The number of ether oxygens (including phenoxy) is 3. The predicted octanol–water partition coefficient (Wildman–Crippen LogP) is 0.841. The van der Waals surface area contributed by atoms with Gasteiger partial charge in [-0.15, -0.1) is 0 Å². The van der Waals surface area contributed by atoms with Crippen LogP contribution in [0.5, 0.6) is 0 Å². The van der Waals surface area contributed by atoms with Crippen molar-refractivity contribution >= 4 is 17.0 Å². The van der Waals surface area contributed by atoms with E-state index in [2.05, 4.69) is 15.0 Å². The first-order valence-electron chi connectivity index (χ1n) is 7.17. The first kappa shape index (κ1) is 15.1. The Bertz CT molecular complexity index is 644. The predicted molar refractivity (Wildman–Crippen MR) is 80.9 cm³/mol. The number of fused-ring (bicyclic) bond motifs is 1. The summed E-state index contributed by atoms with van der Waals surface area (Å²) < 4.78 is 18.7. The molecule has 3 atom stereocenters. The van der Waals surface area contributed by atoms with E-state index >= 15 is 0 Å². The van der Waals surface area contributed by atoms with Crippen LogP contribution in [0.4, 0.5) is 5.82 Å². The summed E-state index contributed by atoms with van der Waals surface area (Å²) in [5.41, 5.74) is 1.52. The molecular weight excluding hydrogens is 286 g/mol. The normalized spacial score (nSPS) is 25.0. The fourth-order valence-electron chi connectivity index (χ4n) is 2.81. The van der Waals surface area contributed by atoms with E-state index in [-0.39, 0.29) is 18.4 Å². The van der Waals surface area contributed by atoms with Gasteiger partial charge >= 0.3 is 0 Å². The first-order valence-corrected chi connectivity index (χ1v) is 7.17. The molecule has 0 bridgehead atoms. The van der Waals surface area contributed by atoms with Gasteiger partial charge in [-0.05, 0) is 0 Å². The second-order valence-corrected chi connectivity index (χ2v) is 5.51. The number of imidazole rings is 1. The lowest BCUT2D eigenvalue weighted by Crippen LogP contribution is -2.27. The SMILES string of the molecule is COCC1OC(n2cnc3c(N(C)C)ncnc32)CC1OC. The van der Waals surface area contributed by atoms with Gasteiger partial charge in [0.15, 0.2) is 17.0 Å². The van der Waals surface area contributed by atoms with Crippen LogP contribution in [-0.4, -0.2) is 66.6 Å². The molecule has 1 aliphatic rings. The van der Waals surface area contributed by atoms with Crippen LogP contribution in [-0.2, 0) is 14.2 Å². The van der Waals surface area contributed by atoms with Crippen molar-refractivity contribution in [1.29, 1.82) is 0 Å². The van der Waals surface area contributed by atoms with Crippen LogP contribution >= 0.6 is 0 Å². The van der Waals surface area contributed by atoms with Crippen LogP contribution < -0.4 is 4.90 Å². The van der Waals surface area contributed by atoms with E-state index in [1.165, 1.54) is 0 Å². The van der Waals surface area contributed by atoms with Crippen molar-refractivity contribution in [1.82, 2.24) is 19.5 Å². The fraction of sp³-hybridized carbons (Fsp3) is 0.643. The highest BCUT2D eigenvalue weighted by atomic mass is 16.6. The minimum atomic E-state index is -0.167. The van der Waals surface area contributed by atoms with Crippen molar-refractivity contribution in [3.8, 4) is 0 Å². The van der Waals surface area contributed by atoms with E-state index in [1.807, 2.05) is 23.6 Å². The molecule has 0 N–H and O–H groups in total. The van der Waals surface area contributed by atoms with Crippen molar-refractivity contribution in [3.63, 3.8) is 0 Å². The Morgan fingerprint density at radius 1 is 1.32 bits per heavy atom. The Hall–Kier alpha value is -1.77. The number of hydrogen-bond acceptors (Lipinski definition) is 7. The highest BCUT2D eigenvalue weighted by Gasteiger charge is 2.37. The monoisotopic (exact) mass is 307 g/mol. The first-order chi connectivity index (χ1) is 10.7. The van der Waals surface area contributed by atoms with Gasteiger partial charge in [-0.3, -0.25) is 4.57 Å². The van der Waals surface area contributed by atoms with Crippen LogP contribution in [0.15, 0.2) is 12.7 Å². The second kappa shape index (κ2) is 6.15. The number of anilines is 1. The summed E-state index contributed by atoms with van der Waals surface area (Å²) in [7, 11) is 7.22. The Kier molecular flexibility index (Phi) is 4.23. The number of nitrogens with zero attached hydrogens (tertiary/aromatic N) is 5. The number of methoxy groups -OCH3 is 2. The Morgan fingerprint density at radius 2 is 2.14 bits per heavy atom. The van der Waals surface area contributed by atoms with Gasteiger partial charge in [-0.2, -0.15) is 0 Å². The maximum absolute atomic E-state index is 6.06. The average molecular weight is 307 g/mol. The van der Waals surface area contributed by atoms with Crippen LogP contribution in [0.2, 0.25) is 0 Å². The molecular formula is C14H21N5O3. The Morgan fingerprint density at radius 3 is 2.82 bits per heavy atom. The van der Waals surface area contributed by atoms with Crippen molar-refractivity contribution in [3.05, 3.63) is 12.7 Å². The van der Waals surface area contributed by atoms with Crippen molar-refractivity contribution in [2.45, 2.75) is 24.9 Å². The van der Waals surface area contributed by atoms with Crippen molar-refractivity contribution in [2.24, 2.45) is 0 Å². The molecule has 8 nitrogen and oxygen atoms in total. The number of hydrogen-bond donors (Lipinski definition) is 0. The van der Waals surface area contributed by atoms with Crippen LogP contribution in [0, 0.1) is 0 Å². The topological polar surface area (TPSA) is 74.5 Å². The molecule has 0 spiro atoms. The summed E-state index contributed by atoms with van der Waals surface area (Å²) in [6, 6.07) is 0. The van der Waals surface area contributed by atoms with E-state index in [1.54, 1.807) is 26.9 Å². The lowest BCUT2D eigenvalue weighted by molar-refractivity contribution is -0.0597. The summed E-state index contributed by atoms with van der Waals surface area (Å²) in [4.78, 5) is 15.0. The lowest BCUT2D eigenvalue weighted by atomic mass is 10.2. The summed E-state index contributed by atoms with van der Waals surface area (Å²) in [5.74, 6) is 0.790.